The van der Waals surface area contributed by atoms with Crippen LogP contribution >= 0.6 is 0 Å². The second-order valence-electron chi connectivity index (χ2n) is 17.8. The lowest BCUT2D eigenvalue weighted by Gasteiger charge is -2.39. The Hall–Kier alpha value is -5.98. The number of piperazine rings is 1. The highest BCUT2D eigenvalue weighted by atomic mass is 32.2. The number of alkyl halides is 3. The highest BCUT2D eigenvalue weighted by Gasteiger charge is 2.34. The molecule has 2 aliphatic carbocycles. The van der Waals surface area contributed by atoms with Gasteiger partial charge in [0.2, 0.25) is 0 Å². The number of ether oxygens (including phenoxy) is 2. The number of H-pyrrole nitrogens is 1. The number of nitro benzene ring substituents is 1. The van der Waals surface area contributed by atoms with E-state index in [9.17, 15) is 36.5 Å². The average molecular weight is 916 g/mol. The Labute approximate surface area is 375 Å². The summed E-state index contributed by atoms with van der Waals surface area (Å²) in [5.74, 6) is -0.600. The van der Waals surface area contributed by atoms with Gasteiger partial charge < -0.3 is 24.7 Å². The number of hydrogen-bond donors (Lipinski definition) is 3. The number of carbonyl (C=O) groups excluding carboxylic acids is 1. The summed E-state index contributed by atoms with van der Waals surface area (Å²) < 4.78 is 81.9. The summed E-state index contributed by atoms with van der Waals surface area (Å²) in [5.41, 5.74) is 3.22. The number of aromatic nitrogens is 2. The first-order valence-corrected chi connectivity index (χ1v) is 23.2. The molecule has 1 saturated heterocycles. The van der Waals surface area contributed by atoms with Crippen molar-refractivity contribution in [3.05, 3.63) is 118 Å². The minimum absolute atomic E-state index is 0.00180. The second kappa shape index (κ2) is 18.5. The molecular formula is C47H52F3N7O7S. The predicted molar refractivity (Wildman–Crippen MR) is 242 cm³/mol. The Bertz CT molecular complexity index is 2710. The third-order valence-corrected chi connectivity index (χ3v) is 14.1. The van der Waals surface area contributed by atoms with Gasteiger partial charge in [-0.25, -0.2) is 18.1 Å². The molecular weight excluding hydrogens is 864 g/mol. The molecule has 3 N–H and O–H groups in total. The van der Waals surface area contributed by atoms with E-state index in [0.717, 1.165) is 79.7 Å². The van der Waals surface area contributed by atoms with Gasteiger partial charge in [-0.1, -0.05) is 37.6 Å². The Kier molecular flexibility index (Phi) is 13.0. The van der Waals surface area contributed by atoms with Crippen molar-refractivity contribution in [2.24, 2.45) is 5.41 Å². The monoisotopic (exact) mass is 915 g/mol. The van der Waals surface area contributed by atoms with E-state index in [2.05, 4.69) is 43.7 Å². The van der Waals surface area contributed by atoms with Gasteiger partial charge in [0.15, 0.2) is 5.75 Å². The van der Waals surface area contributed by atoms with Gasteiger partial charge in [0.05, 0.1) is 38.9 Å². The Balaban J connectivity index is 1.03. The molecule has 3 aromatic carbocycles. The average Bonchev–Trinajstić information content (AvgIpc) is 3.75. The topological polar surface area (TPSA) is 172 Å². The number of para-hydroxylation sites is 1. The summed E-state index contributed by atoms with van der Waals surface area (Å²) in [4.78, 5) is 37.1. The third-order valence-electron chi connectivity index (χ3n) is 12.8. The third kappa shape index (κ3) is 10.4. The lowest BCUT2D eigenvalue weighted by Crippen LogP contribution is -2.47. The second-order valence-corrected chi connectivity index (χ2v) is 19.5. The van der Waals surface area contributed by atoms with Crippen molar-refractivity contribution in [2.75, 3.05) is 50.1 Å². The number of sulfonamides is 1. The number of fused-ring (bicyclic) bond motifs is 1. The molecule has 5 aromatic rings. The maximum Gasteiger partial charge on any atom is 0.416 e. The van der Waals surface area contributed by atoms with Crippen molar-refractivity contribution in [3.63, 3.8) is 0 Å². The maximum atomic E-state index is 14.2. The van der Waals surface area contributed by atoms with Crippen LogP contribution in [0.2, 0.25) is 0 Å². The first-order chi connectivity index (χ1) is 31.0. The largest absolute Gasteiger partial charge is 0.453 e. The summed E-state index contributed by atoms with van der Waals surface area (Å²) in [6.07, 6.45) is 4.50. The van der Waals surface area contributed by atoms with Crippen LogP contribution in [0.5, 0.6) is 11.5 Å². The van der Waals surface area contributed by atoms with Crippen LogP contribution in [0, 0.1) is 15.5 Å². The number of pyridine rings is 1. The molecule has 14 nitrogen and oxygen atoms in total. The quantitative estimate of drug-likeness (QED) is 0.0759. The zero-order valence-corrected chi connectivity index (χ0v) is 37.2. The number of carbonyl (C=O) groups is 1. The smallest absolute Gasteiger partial charge is 0.416 e. The Morgan fingerprint density at radius 3 is 2.43 bits per heavy atom. The number of nitrogens with one attached hydrogen (secondary N) is 3. The van der Waals surface area contributed by atoms with Crippen molar-refractivity contribution in [2.45, 2.75) is 82.0 Å². The summed E-state index contributed by atoms with van der Waals surface area (Å²) in [7, 11) is -2.98. The molecule has 18 heteroatoms. The molecule has 65 heavy (non-hydrogen) atoms. The van der Waals surface area contributed by atoms with Gasteiger partial charge in [-0.2, -0.15) is 13.2 Å². The van der Waals surface area contributed by atoms with Crippen LogP contribution in [0.15, 0.2) is 95.7 Å². The van der Waals surface area contributed by atoms with Gasteiger partial charge in [0.25, 0.3) is 21.6 Å². The van der Waals surface area contributed by atoms with Crippen molar-refractivity contribution >= 4 is 49.6 Å². The lowest BCUT2D eigenvalue weighted by atomic mass is 9.72. The number of nitrogens with zero attached hydrogens (tertiary/aromatic N) is 4. The number of anilines is 2. The van der Waals surface area contributed by atoms with Gasteiger partial charge in [0.1, 0.15) is 17.1 Å². The zero-order valence-electron chi connectivity index (χ0n) is 36.4. The number of aromatic amines is 1. The molecule has 344 valence electrons. The van der Waals surface area contributed by atoms with Gasteiger partial charge >= 0.3 is 6.18 Å². The SMILES string of the molecule is COC1CCC(Nc2ccc(S(=O)(=O)NC(=O)c3cccc(N4CCN(CC5=C(c6ccc(C(F)(F)F)cc6)CC(C)(C)CC5)CC4)c3Oc3cnc4[nH]ccc4c3)cc2[N+](=O)[O-])CC1. The highest BCUT2D eigenvalue weighted by Crippen LogP contribution is 2.44. The molecule has 0 radical (unpaired) electrons. The molecule has 1 saturated carbocycles. The number of allylic oxidation sites excluding steroid dienone is 1. The van der Waals surface area contributed by atoms with Crippen LogP contribution in [0.3, 0.4) is 0 Å². The lowest BCUT2D eigenvalue weighted by molar-refractivity contribution is -0.384. The summed E-state index contributed by atoms with van der Waals surface area (Å²) >= 11 is 0. The molecule has 3 aliphatic rings. The molecule has 1 aliphatic heterocycles. The molecule has 0 spiro atoms. The maximum absolute atomic E-state index is 14.2. The van der Waals surface area contributed by atoms with Gasteiger partial charge in [-0.3, -0.25) is 19.8 Å². The number of rotatable bonds is 13. The van der Waals surface area contributed by atoms with Crippen LogP contribution in [0.4, 0.5) is 30.2 Å². The van der Waals surface area contributed by atoms with E-state index in [0.29, 0.717) is 49.8 Å². The standard InChI is InChI=1S/C47H52F3N7O7S/c1-46(2)19-17-32(39(27-46)30-7-9-33(10-8-30)47(48,49)50)29-55-21-23-56(24-22-55)41-6-4-5-38(43(41)64-36-25-31-18-20-51-44(31)52-28-36)45(58)54-65(61,62)37-15-16-40(42(26-37)57(59)60)53-34-11-13-35(63-3)14-12-34/h4-10,15-16,18,20,25-26,28,34-35,53H,11-14,17,19,21-24,27,29H2,1-3H3,(H,51,52)(H,54,58). The molecule has 0 atom stereocenters. The number of benzene rings is 3. The fourth-order valence-corrected chi connectivity index (χ4v) is 10.1. The van der Waals surface area contributed by atoms with Gasteiger partial charge in [0, 0.05) is 63.5 Å². The van der Waals surface area contributed by atoms with Crippen molar-refractivity contribution in [1.29, 1.82) is 0 Å². The summed E-state index contributed by atoms with van der Waals surface area (Å²) in [6, 6.07) is 17.4. The van der Waals surface area contributed by atoms with Crippen LogP contribution < -0.4 is 19.7 Å². The zero-order chi connectivity index (χ0) is 46.1. The minimum atomic E-state index is -4.63. The van der Waals surface area contributed by atoms with Crippen LogP contribution in [0.25, 0.3) is 16.6 Å². The predicted octanol–water partition coefficient (Wildman–Crippen LogP) is 9.56. The normalized spacial score (nSPS) is 19.6. The fraction of sp³-hybridized carbons (Fsp3) is 0.404. The van der Waals surface area contributed by atoms with Crippen molar-refractivity contribution in [1.82, 2.24) is 19.6 Å². The van der Waals surface area contributed by atoms with Crippen molar-refractivity contribution in [3.8, 4) is 11.5 Å². The van der Waals surface area contributed by atoms with Crippen LogP contribution in [-0.2, 0) is 20.9 Å². The van der Waals surface area contributed by atoms with E-state index in [1.165, 1.54) is 30.0 Å². The van der Waals surface area contributed by atoms with Gasteiger partial charge in [-0.15, -0.1) is 0 Å². The number of halogens is 3. The van der Waals surface area contributed by atoms with Gasteiger partial charge in [-0.05, 0) is 110 Å². The van der Waals surface area contributed by atoms with E-state index in [4.69, 9.17) is 9.47 Å². The summed E-state index contributed by atoms with van der Waals surface area (Å²) in [5, 5.41) is 16.2. The number of methoxy groups -OCH3 is 1. The number of amides is 1. The molecule has 3 heterocycles. The van der Waals surface area contributed by atoms with E-state index in [1.807, 2.05) is 6.07 Å². The molecule has 8 rings (SSSR count). The number of hydrogen-bond acceptors (Lipinski definition) is 11. The van der Waals surface area contributed by atoms with E-state index >= 15 is 0 Å². The van der Waals surface area contributed by atoms with Crippen LogP contribution in [0.1, 0.15) is 80.3 Å². The minimum Gasteiger partial charge on any atom is -0.453 e. The molecule has 2 aromatic heterocycles. The first-order valence-electron chi connectivity index (χ1n) is 21.7. The summed E-state index contributed by atoms with van der Waals surface area (Å²) in [6.45, 7) is 7.28. The molecule has 1 amide bonds. The Morgan fingerprint density at radius 2 is 1.74 bits per heavy atom. The molecule has 0 unspecified atom stereocenters. The highest BCUT2D eigenvalue weighted by molar-refractivity contribution is 7.90. The Morgan fingerprint density at radius 1 is 1.00 bits per heavy atom. The fourth-order valence-electron chi connectivity index (χ4n) is 9.09. The van der Waals surface area contributed by atoms with E-state index in [1.54, 1.807) is 43.6 Å². The molecule has 2 fully saturated rings. The molecule has 0 bridgehead atoms. The van der Waals surface area contributed by atoms with E-state index in [-0.39, 0.29) is 34.6 Å². The van der Waals surface area contributed by atoms with Crippen molar-refractivity contribution < 1.29 is 40.8 Å². The van der Waals surface area contributed by atoms with Crippen LogP contribution in [-0.4, -0.2) is 86.1 Å². The van der Waals surface area contributed by atoms with E-state index < -0.39 is 43.2 Å². The first kappa shape index (κ1) is 45.6. The number of nitro groups is 1.